The van der Waals surface area contributed by atoms with E-state index in [1.165, 1.54) is 0 Å². The molecule has 2 rings (SSSR count). The summed E-state index contributed by atoms with van der Waals surface area (Å²) in [5.74, 6) is 1.35. The van der Waals surface area contributed by atoms with Crippen molar-refractivity contribution in [2.45, 2.75) is 52.5 Å². The minimum Gasteiger partial charge on any atom is -0.493 e. The highest BCUT2D eigenvalue weighted by Crippen LogP contribution is 2.37. The van der Waals surface area contributed by atoms with E-state index >= 15 is 0 Å². The van der Waals surface area contributed by atoms with Gasteiger partial charge in [0.05, 0.1) is 19.6 Å². The van der Waals surface area contributed by atoms with E-state index in [2.05, 4.69) is 19.2 Å². The molecule has 4 nitrogen and oxygen atoms in total. The summed E-state index contributed by atoms with van der Waals surface area (Å²) in [6.45, 7) is 7.09. The quantitative estimate of drug-likeness (QED) is 0.812. The Bertz CT molecular complexity index is 512. The summed E-state index contributed by atoms with van der Waals surface area (Å²) in [7, 11) is 0. The van der Waals surface area contributed by atoms with Crippen LogP contribution in [0.4, 0.5) is 0 Å². The van der Waals surface area contributed by atoms with Crippen LogP contribution in [0, 0.1) is 11.3 Å². The molecule has 0 heterocycles. The first-order valence-corrected chi connectivity index (χ1v) is 8.55. The maximum absolute atomic E-state index is 12.2. The van der Waals surface area contributed by atoms with Crippen molar-refractivity contribution < 1.29 is 14.6 Å². The van der Waals surface area contributed by atoms with E-state index in [1.807, 2.05) is 31.2 Å². The molecule has 2 N–H and O–H groups in total. The molecule has 1 saturated carbocycles. The Kier molecular flexibility index (Phi) is 6.05. The number of aliphatic hydroxyl groups is 1. The minimum absolute atomic E-state index is 0.0208. The molecule has 1 aromatic rings. The van der Waals surface area contributed by atoms with Gasteiger partial charge in [0.2, 0.25) is 5.91 Å². The summed E-state index contributed by atoms with van der Waals surface area (Å²) < 4.78 is 5.65. The second kappa shape index (κ2) is 7.82. The van der Waals surface area contributed by atoms with Gasteiger partial charge >= 0.3 is 0 Å². The largest absolute Gasteiger partial charge is 0.493 e. The van der Waals surface area contributed by atoms with Gasteiger partial charge in [-0.1, -0.05) is 39.3 Å². The lowest BCUT2D eigenvalue weighted by Gasteiger charge is -2.30. The molecule has 23 heavy (non-hydrogen) atoms. The third-order valence-electron chi connectivity index (χ3n) is 4.65. The van der Waals surface area contributed by atoms with Gasteiger partial charge in [-0.3, -0.25) is 4.79 Å². The van der Waals surface area contributed by atoms with E-state index in [9.17, 15) is 9.90 Å². The van der Waals surface area contributed by atoms with Gasteiger partial charge in [0.1, 0.15) is 5.75 Å². The Balaban J connectivity index is 1.85. The average Bonchev–Trinajstić information content (AvgIpc) is 2.88. The molecular formula is C19H29NO3. The Labute approximate surface area is 139 Å². The molecule has 2 atom stereocenters. The number of hydrogen-bond donors (Lipinski definition) is 2. The lowest BCUT2D eigenvalue weighted by Crippen LogP contribution is -2.45. The topological polar surface area (TPSA) is 58.6 Å². The number of aliphatic hydroxyl groups excluding tert-OH is 1. The molecule has 0 saturated heterocycles. The summed E-state index contributed by atoms with van der Waals surface area (Å²) in [5, 5.41) is 12.6. The van der Waals surface area contributed by atoms with Crippen LogP contribution in [-0.2, 0) is 11.2 Å². The van der Waals surface area contributed by atoms with E-state index < -0.39 is 0 Å². The number of carbonyl (C=O) groups is 1. The van der Waals surface area contributed by atoms with Gasteiger partial charge in [-0.25, -0.2) is 0 Å². The highest BCUT2D eigenvalue weighted by Gasteiger charge is 2.38. The standard InChI is InChI=1S/C19H29NO3/c1-14(2)12-23-16-8-6-15(7-9-16)11-18(22)20-17-5-4-10-19(17,3)13-21/h6-9,14,17,21H,4-5,10-13H2,1-3H3,(H,20,22). The van der Waals surface area contributed by atoms with Gasteiger partial charge in [0.25, 0.3) is 0 Å². The first-order chi connectivity index (χ1) is 10.9. The monoisotopic (exact) mass is 319 g/mol. The van der Waals surface area contributed by atoms with Crippen LogP contribution >= 0.6 is 0 Å². The van der Waals surface area contributed by atoms with Crippen molar-refractivity contribution in [3.63, 3.8) is 0 Å². The summed E-state index contributed by atoms with van der Waals surface area (Å²) in [4.78, 5) is 12.2. The number of ether oxygens (including phenoxy) is 1. The SMILES string of the molecule is CC(C)COc1ccc(CC(=O)NC2CCCC2(C)CO)cc1. The van der Waals surface area contributed by atoms with E-state index in [4.69, 9.17) is 4.74 Å². The smallest absolute Gasteiger partial charge is 0.224 e. The van der Waals surface area contributed by atoms with Crippen molar-refractivity contribution in [1.29, 1.82) is 0 Å². The lowest BCUT2D eigenvalue weighted by molar-refractivity contribution is -0.122. The Hall–Kier alpha value is -1.55. The van der Waals surface area contributed by atoms with Crippen molar-refractivity contribution >= 4 is 5.91 Å². The number of carbonyl (C=O) groups excluding carboxylic acids is 1. The first kappa shape index (κ1) is 17.8. The highest BCUT2D eigenvalue weighted by molar-refractivity contribution is 5.79. The fraction of sp³-hybridized carbons (Fsp3) is 0.632. The number of hydrogen-bond acceptors (Lipinski definition) is 3. The summed E-state index contributed by atoms with van der Waals surface area (Å²) in [6, 6.07) is 7.79. The van der Waals surface area contributed by atoms with Crippen LogP contribution < -0.4 is 10.1 Å². The van der Waals surface area contributed by atoms with Crippen LogP contribution in [-0.4, -0.2) is 30.3 Å². The van der Waals surface area contributed by atoms with Gasteiger partial charge in [0, 0.05) is 11.5 Å². The van der Waals surface area contributed by atoms with Crippen molar-refractivity contribution in [3.05, 3.63) is 29.8 Å². The van der Waals surface area contributed by atoms with Crippen molar-refractivity contribution in [1.82, 2.24) is 5.32 Å². The van der Waals surface area contributed by atoms with Crippen LogP contribution in [0.1, 0.15) is 45.6 Å². The molecule has 1 amide bonds. The molecule has 4 heteroatoms. The van der Waals surface area contributed by atoms with E-state index in [0.717, 1.165) is 30.6 Å². The normalized spacial score (nSPS) is 24.0. The molecule has 1 aliphatic rings. The van der Waals surface area contributed by atoms with Crippen LogP contribution in [0.15, 0.2) is 24.3 Å². The van der Waals surface area contributed by atoms with Crippen LogP contribution in [0.2, 0.25) is 0 Å². The Morgan fingerprint density at radius 1 is 1.39 bits per heavy atom. The molecule has 1 fully saturated rings. The molecular weight excluding hydrogens is 290 g/mol. The molecule has 0 aromatic heterocycles. The zero-order valence-corrected chi connectivity index (χ0v) is 14.5. The predicted molar refractivity (Wildman–Crippen MR) is 91.5 cm³/mol. The highest BCUT2D eigenvalue weighted by atomic mass is 16.5. The van der Waals surface area contributed by atoms with E-state index in [1.54, 1.807) is 0 Å². The summed E-state index contributed by atoms with van der Waals surface area (Å²) in [5.41, 5.74) is 0.799. The van der Waals surface area contributed by atoms with Crippen molar-refractivity contribution in [2.75, 3.05) is 13.2 Å². The summed E-state index contributed by atoms with van der Waals surface area (Å²) >= 11 is 0. The minimum atomic E-state index is -0.176. The number of benzene rings is 1. The molecule has 0 radical (unpaired) electrons. The third kappa shape index (κ3) is 4.96. The van der Waals surface area contributed by atoms with Gasteiger partial charge < -0.3 is 15.2 Å². The van der Waals surface area contributed by atoms with Crippen molar-refractivity contribution in [2.24, 2.45) is 11.3 Å². The lowest BCUT2D eigenvalue weighted by atomic mass is 9.85. The number of rotatable bonds is 7. The predicted octanol–water partition coefficient (Wildman–Crippen LogP) is 2.93. The number of nitrogens with one attached hydrogen (secondary N) is 1. The molecule has 2 unspecified atom stereocenters. The second-order valence-corrected chi connectivity index (χ2v) is 7.35. The third-order valence-corrected chi connectivity index (χ3v) is 4.65. The van der Waals surface area contributed by atoms with E-state index in [0.29, 0.717) is 18.9 Å². The van der Waals surface area contributed by atoms with Gasteiger partial charge in [-0.15, -0.1) is 0 Å². The molecule has 0 aliphatic heterocycles. The number of amides is 1. The Morgan fingerprint density at radius 2 is 2.09 bits per heavy atom. The molecule has 0 bridgehead atoms. The fourth-order valence-electron chi connectivity index (χ4n) is 3.07. The second-order valence-electron chi connectivity index (χ2n) is 7.35. The molecule has 1 aromatic carbocycles. The molecule has 0 spiro atoms. The zero-order chi connectivity index (χ0) is 16.9. The van der Waals surface area contributed by atoms with Crippen molar-refractivity contribution in [3.8, 4) is 5.75 Å². The van der Waals surface area contributed by atoms with Crippen LogP contribution in [0.25, 0.3) is 0 Å². The average molecular weight is 319 g/mol. The first-order valence-electron chi connectivity index (χ1n) is 8.55. The van der Waals surface area contributed by atoms with Crippen LogP contribution in [0.3, 0.4) is 0 Å². The maximum atomic E-state index is 12.2. The maximum Gasteiger partial charge on any atom is 0.224 e. The van der Waals surface area contributed by atoms with Gasteiger partial charge in [-0.2, -0.15) is 0 Å². The van der Waals surface area contributed by atoms with Gasteiger partial charge in [0.15, 0.2) is 0 Å². The molecule has 1 aliphatic carbocycles. The zero-order valence-electron chi connectivity index (χ0n) is 14.5. The Morgan fingerprint density at radius 3 is 2.70 bits per heavy atom. The van der Waals surface area contributed by atoms with Gasteiger partial charge in [-0.05, 0) is 36.5 Å². The van der Waals surface area contributed by atoms with E-state index in [-0.39, 0.29) is 24.0 Å². The summed E-state index contributed by atoms with van der Waals surface area (Å²) in [6.07, 6.45) is 3.34. The van der Waals surface area contributed by atoms with Crippen LogP contribution in [0.5, 0.6) is 5.75 Å². The fourth-order valence-corrected chi connectivity index (χ4v) is 3.07. The molecule has 128 valence electrons.